The summed E-state index contributed by atoms with van der Waals surface area (Å²) in [5.41, 5.74) is 0.760. The van der Waals surface area contributed by atoms with Crippen molar-refractivity contribution in [2.45, 2.75) is 33.7 Å². The summed E-state index contributed by atoms with van der Waals surface area (Å²) in [4.78, 5) is 41.8. The molecule has 8 nitrogen and oxygen atoms in total. The van der Waals surface area contributed by atoms with Crippen LogP contribution in [-0.4, -0.2) is 50.7 Å². The van der Waals surface area contributed by atoms with E-state index in [1.54, 1.807) is 27.9 Å². The Labute approximate surface area is 190 Å². The number of aromatic nitrogens is 1. The maximum atomic E-state index is 13.6. The van der Waals surface area contributed by atoms with Crippen LogP contribution in [0.5, 0.6) is 5.75 Å². The zero-order valence-electron chi connectivity index (χ0n) is 19.9. The minimum atomic E-state index is -1.18. The molecule has 0 saturated carbocycles. The number of anilines is 1. The van der Waals surface area contributed by atoms with Crippen LogP contribution in [-0.2, 0) is 16.5 Å². The van der Waals surface area contributed by atoms with Crippen molar-refractivity contribution in [1.29, 1.82) is 0 Å². The smallest absolute Gasteiger partial charge is 0.378 e. The van der Waals surface area contributed by atoms with Gasteiger partial charge in [-0.3, -0.25) is 14.5 Å². The van der Waals surface area contributed by atoms with Gasteiger partial charge in [0.1, 0.15) is 0 Å². The van der Waals surface area contributed by atoms with Crippen molar-refractivity contribution < 1.29 is 19.0 Å². The van der Waals surface area contributed by atoms with Crippen LogP contribution in [0.2, 0.25) is 0 Å². The van der Waals surface area contributed by atoms with Crippen molar-refractivity contribution in [3.63, 3.8) is 0 Å². The molecule has 1 heterocycles. The number of pyridine rings is 1. The van der Waals surface area contributed by atoms with E-state index in [2.05, 4.69) is 4.65 Å². The van der Waals surface area contributed by atoms with Gasteiger partial charge in [0.15, 0.2) is 11.4 Å². The highest BCUT2D eigenvalue weighted by Crippen LogP contribution is 2.40. The summed E-state index contributed by atoms with van der Waals surface area (Å²) in [7, 11) is 11.4. The molecule has 32 heavy (non-hydrogen) atoms. The first-order valence-corrected chi connectivity index (χ1v) is 10.1. The van der Waals surface area contributed by atoms with Crippen LogP contribution in [0, 0.1) is 19.3 Å². The molecule has 0 fully saturated rings. The number of methoxy groups -OCH3 is 1. The fraction of sp³-hybridized carbons (Fsp3) is 0.435. The van der Waals surface area contributed by atoms with Gasteiger partial charge in [-0.15, -0.1) is 0 Å². The molecule has 9 heteroatoms. The van der Waals surface area contributed by atoms with Crippen LogP contribution in [0.25, 0.3) is 0 Å². The molecule has 0 bridgehead atoms. The summed E-state index contributed by atoms with van der Waals surface area (Å²) in [5.74, 6) is -0.347. The Hall–Kier alpha value is -3.23. The molecule has 2 radical (unpaired) electrons. The summed E-state index contributed by atoms with van der Waals surface area (Å²) in [6, 6.07) is 7.87. The Balaban J connectivity index is 2.62. The molecule has 2 rings (SSSR count). The molecule has 1 aromatic carbocycles. The molecule has 0 saturated heterocycles. The van der Waals surface area contributed by atoms with Crippen LogP contribution < -0.4 is 15.2 Å². The monoisotopic (exact) mass is 439 g/mol. The second-order valence-electron chi connectivity index (χ2n) is 8.35. The lowest BCUT2D eigenvalue weighted by Gasteiger charge is -2.40. The average Bonchev–Trinajstić information content (AvgIpc) is 2.78. The maximum absolute atomic E-state index is 13.6. The normalized spacial score (nSPS) is 12.1. The summed E-state index contributed by atoms with van der Waals surface area (Å²) >= 11 is 0. The topological polar surface area (TPSA) is 81.1 Å². The second-order valence-corrected chi connectivity index (χ2v) is 8.35. The number of benzene rings is 1. The number of hydrogen-bond donors (Lipinski definition) is 0. The maximum Gasteiger partial charge on any atom is 0.378 e. The third-order valence-electron chi connectivity index (χ3n) is 6.06. The lowest BCUT2D eigenvalue weighted by molar-refractivity contribution is -0.146. The fourth-order valence-corrected chi connectivity index (χ4v) is 4.01. The van der Waals surface area contributed by atoms with E-state index in [1.807, 2.05) is 44.2 Å². The van der Waals surface area contributed by atoms with Crippen molar-refractivity contribution in [1.82, 2.24) is 9.47 Å². The minimum absolute atomic E-state index is 0.112. The third kappa shape index (κ3) is 4.24. The predicted molar refractivity (Wildman–Crippen MR) is 124 cm³/mol. The number of amides is 2. The quantitative estimate of drug-likeness (QED) is 0.647. The number of carbonyl (C=O) groups is 2. The van der Waals surface area contributed by atoms with Gasteiger partial charge >= 0.3 is 14.1 Å². The molecule has 0 spiro atoms. The van der Waals surface area contributed by atoms with Gasteiger partial charge in [0.2, 0.25) is 0 Å². The highest BCUT2D eigenvalue weighted by atomic mass is 16.5. The van der Waals surface area contributed by atoms with Gasteiger partial charge in [0.25, 0.3) is 11.5 Å². The highest BCUT2D eigenvalue weighted by Gasteiger charge is 2.43. The van der Waals surface area contributed by atoms with Gasteiger partial charge in [-0.1, -0.05) is 30.3 Å². The van der Waals surface area contributed by atoms with E-state index in [1.165, 1.54) is 28.5 Å². The largest absolute Gasteiger partial charge is 0.543 e. The molecule has 0 aliphatic carbocycles. The van der Waals surface area contributed by atoms with Gasteiger partial charge in [-0.2, -0.15) is 0 Å². The average molecular weight is 439 g/mol. The Morgan fingerprint density at radius 1 is 1.12 bits per heavy atom. The number of hydrogen-bond acceptors (Lipinski definition) is 5. The first kappa shape index (κ1) is 25.0. The molecular weight excluding hydrogens is 409 g/mol. The number of carbonyl (C=O) groups excluding carboxylic acids is 2. The SMILES string of the molecule is [B]OC(=O)C(C)(C)C(c1ccccc1)N(C)C(=O)N(C)c1c(OC)c(C)c(C)n(C)c1=O. The first-order valence-electron chi connectivity index (χ1n) is 10.1. The van der Waals surface area contributed by atoms with Gasteiger partial charge < -0.3 is 18.9 Å². The summed E-state index contributed by atoms with van der Waals surface area (Å²) in [6.07, 6.45) is 0. The molecule has 1 atom stereocenters. The summed E-state index contributed by atoms with van der Waals surface area (Å²) < 4.78 is 11.5. The molecule has 2 aromatic rings. The molecule has 170 valence electrons. The van der Waals surface area contributed by atoms with Crippen LogP contribution in [0.1, 0.15) is 36.7 Å². The van der Waals surface area contributed by atoms with E-state index < -0.39 is 23.5 Å². The van der Waals surface area contributed by atoms with Crippen LogP contribution in [0.4, 0.5) is 10.5 Å². The number of nitrogens with zero attached hydrogens (tertiary/aromatic N) is 3. The zero-order valence-corrected chi connectivity index (χ0v) is 19.9. The van der Waals surface area contributed by atoms with Gasteiger partial charge in [-0.25, -0.2) is 4.79 Å². The number of rotatable bonds is 6. The van der Waals surface area contributed by atoms with Crippen molar-refractivity contribution in [3.8, 4) is 5.75 Å². The lowest BCUT2D eigenvalue weighted by Crippen LogP contribution is -2.49. The second kappa shape index (κ2) is 9.50. The van der Waals surface area contributed by atoms with Crippen molar-refractivity contribution in [3.05, 3.63) is 57.5 Å². The van der Waals surface area contributed by atoms with E-state index in [9.17, 15) is 14.4 Å². The summed E-state index contributed by atoms with van der Waals surface area (Å²) in [6.45, 7) is 6.94. The predicted octanol–water partition coefficient (Wildman–Crippen LogP) is 2.89. The van der Waals surface area contributed by atoms with Gasteiger partial charge in [-0.05, 0) is 33.3 Å². The Bertz CT molecular complexity index is 1070. The van der Waals surface area contributed by atoms with E-state index in [-0.39, 0.29) is 11.2 Å². The van der Waals surface area contributed by atoms with Gasteiger partial charge in [0.05, 0.1) is 18.6 Å². The fourth-order valence-electron chi connectivity index (χ4n) is 4.01. The van der Waals surface area contributed by atoms with E-state index in [0.717, 1.165) is 11.3 Å². The lowest BCUT2D eigenvalue weighted by atomic mass is 9.79. The summed E-state index contributed by atoms with van der Waals surface area (Å²) in [5, 5.41) is 0. The molecule has 1 aromatic heterocycles. The highest BCUT2D eigenvalue weighted by molar-refractivity contribution is 6.06. The Morgan fingerprint density at radius 2 is 1.69 bits per heavy atom. The van der Waals surface area contributed by atoms with Crippen LogP contribution in [0.3, 0.4) is 0 Å². The third-order valence-corrected chi connectivity index (χ3v) is 6.06. The van der Waals surface area contributed by atoms with E-state index in [0.29, 0.717) is 11.3 Å². The minimum Gasteiger partial charge on any atom is -0.543 e. The van der Waals surface area contributed by atoms with Gasteiger partial charge in [0, 0.05) is 32.4 Å². The van der Waals surface area contributed by atoms with E-state index in [4.69, 9.17) is 12.8 Å². The van der Waals surface area contributed by atoms with Crippen LogP contribution in [0.15, 0.2) is 35.1 Å². The first-order chi connectivity index (χ1) is 14.9. The van der Waals surface area contributed by atoms with Crippen molar-refractivity contribution in [2.75, 3.05) is 26.1 Å². The molecule has 0 N–H and O–H groups in total. The number of ether oxygens (including phenoxy) is 1. The zero-order chi connectivity index (χ0) is 24.4. The van der Waals surface area contributed by atoms with E-state index >= 15 is 0 Å². The van der Waals surface area contributed by atoms with Crippen molar-refractivity contribution >= 4 is 25.7 Å². The Morgan fingerprint density at radius 3 is 2.19 bits per heavy atom. The standard InChI is InChI=1S/C23H30BN3O5/c1-14-15(2)25(5)20(28)17(18(14)31-8)26(6)22(30)27(7)19(16-12-10-9-11-13-16)23(3,4)21(29)32-24/h9-13,19H,1-8H3. The molecule has 2 amide bonds. The van der Waals surface area contributed by atoms with Crippen molar-refractivity contribution in [2.24, 2.45) is 12.5 Å². The van der Waals surface area contributed by atoms with Crippen LogP contribution >= 0.6 is 0 Å². The molecule has 1 unspecified atom stereocenters. The Kier molecular flexibility index (Phi) is 7.44. The number of urea groups is 1. The molecule has 0 aliphatic heterocycles. The molecular formula is C23H30BN3O5. The molecule has 0 aliphatic rings.